The van der Waals surface area contributed by atoms with Crippen LogP contribution in [0.2, 0.25) is 0 Å². The summed E-state index contributed by atoms with van der Waals surface area (Å²) in [6, 6.07) is 6.10. The Morgan fingerprint density at radius 2 is 1.75 bits per heavy atom. The van der Waals surface area contributed by atoms with Crippen molar-refractivity contribution in [3.8, 4) is 11.5 Å². The highest BCUT2D eigenvalue weighted by Gasteiger charge is 2.42. The zero-order chi connectivity index (χ0) is 18.5. The molecule has 0 bridgehead atoms. The third-order valence-electron chi connectivity index (χ3n) is 3.23. The molecule has 1 aromatic carbocycles. The summed E-state index contributed by atoms with van der Waals surface area (Å²) in [6.45, 7) is 10.5. The molecular weight excluding hydrogens is 329 g/mol. The summed E-state index contributed by atoms with van der Waals surface area (Å²) in [5, 5.41) is 2.12. The number of rotatable bonds is 7. The molecule has 7 heteroatoms. The lowest BCUT2D eigenvalue weighted by Gasteiger charge is -2.33. The molecule has 2 atom stereocenters. The molecule has 1 N–H and O–H groups in total. The van der Waals surface area contributed by atoms with Gasteiger partial charge >= 0.3 is 13.5 Å². The second kappa shape index (κ2) is 8.04. The van der Waals surface area contributed by atoms with Gasteiger partial charge in [-0.05, 0) is 53.7 Å². The van der Waals surface area contributed by atoms with E-state index in [0.717, 1.165) is 0 Å². The van der Waals surface area contributed by atoms with Gasteiger partial charge in [-0.15, -0.1) is 0 Å². The lowest BCUT2D eigenvalue weighted by atomic mass is 10.3. The van der Waals surface area contributed by atoms with Crippen LogP contribution < -0.4 is 14.3 Å². The minimum Gasteiger partial charge on any atom is -0.497 e. The minimum absolute atomic E-state index is 0.241. The van der Waals surface area contributed by atoms with Crippen molar-refractivity contribution in [3.63, 3.8) is 0 Å². The summed E-state index contributed by atoms with van der Waals surface area (Å²) in [5.41, 5.74) is 0. The van der Waals surface area contributed by atoms with E-state index in [1.54, 1.807) is 72.9 Å². The van der Waals surface area contributed by atoms with Gasteiger partial charge in [0, 0.05) is 6.07 Å². The predicted molar refractivity (Wildman–Crippen MR) is 94.8 cm³/mol. The third-order valence-corrected chi connectivity index (χ3v) is 6.19. The Labute approximate surface area is 144 Å². The maximum atomic E-state index is 13.4. The molecule has 0 saturated carbocycles. The molecule has 0 aliphatic heterocycles. The molecule has 0 aromatic heterocycles. The number of carbonyl (C=O) groups is 1. The van der Waals surface area contributed by atoms with Gasteiger partial charge in [0.1, 0.15) is 17.5 Å². The zero-order valence-electron chi connectivity index (χ0n) is 15.5. The van der Waals surface area contributed by atoms with E-state index in [9.17, 15) is 9.36 Å². The van der Waals surface area contributed by atoms with Crippen LogP contribution in [0, 0.1) is 0 Å². The van der Waals surface area contributed by atoms with Gasteiger partial charge in [-0.25, -0.2) is 5.09 Å². The fraction of sp³-hybridized carbons (Fsp3) is 0.588. The van der Waals surface area contributed by atoms with Crippen LogP contribution in [0.3, 0.4) is 0 Å². The van der Waals surface area contributed by atoms with Crippen molar-refractivity contribution in [2.75, 3.05) is 7.11 Å². The summed E-state index contributed by atoms with van der Waals surface area (Å²) >= 11 is 0. The highest BCUT2D eigenvalue weighted by molar-refractivity contribution is 7.59. The first kappa shape index (κ1) is 20.5. The van der Waals surface area contributed by atoms with E-state index in [1.807, 2.05) is 0 Å². The number of nitrogens with one attached hydrogen (secondary N) is 1. The molecule has 136 valence electrons. The molecule has 0 spiro atoms. The van der Waals surface area contributed by atoms with Crippen LogP contribution in [-0.4, -0.2) is 30.4 Å². The van der Waals surface area contributed by atoms with Crippen molar-refractivity contribution in [1.82, 2.24) is 5.09 Å². The highest BCUT2D eigenvalue weighted by Crippen LogP contribution is 2.55. The Morgan fingerprint density at radius 3 is 2.25 bits per heavy atom. The van der Waals surface area contributed by atoms with Gasteiger partial charge in [-0.2, -0.15) is 0 Å². The van der Waals surface area contributed by atoms with E-state index in [2.05, 4.69) is 5.09 Å². The lowest BCUT2D eigenvalue weighted by molar-refractivity contribution is -0.149. The van der Waals surface area contributed by atoms with E-state index in [4.69, 9.17) is 14.0 Å². The normalized spacial score (nSPS) is 15.5. The monoisotopic (exact) mass is 357 g/mol. The number of hydrogen-bond donors (Lipinski definition) is 1. The van der Waals surface area contributed by atoms with E-state index < -0.39 is 24.7 Å². The minimum atomic E-state index is -3.42. The molecule has 1 rings (SSSR count). The van der Waals surface area contributed by atoms with Crippen molar-refractivity contribution in [2.24, 2.45) is 0 Å². The smallest absolute Gasteiger partial charge is 0.323 e. The Morgan fingerprint density at radius 1 is 1.17 bits per heavy atom. The number of methoxy groups -OCH3 is 1. The van der Waals surface area contributed by atoms with Gasteiger partial charge in [0.25, 0.3) is 0 Å². The summed E-state index contributed by atoms with van der Waals surface area (Å²) in [5.74, 6) is 0.536. The first-order valence-electron chi connectivity index (χ1n) is 7.90. The van der Waals surface area contributed by atoms with E-state index >= 15 is 0 Å². The Bertz CT molecular complexity index is 609. The number of ether oxygens (including phenoxy) is 2. The average molecular weight is 357 g/mol. The molecule has 24 heavy (non-hydrogen) atoms. The van der Waals surface area contributed by atoms with Crippen LogP contribution in [-0.2, 0) is 14.1 Å². The lowest BCUT2D eigenvalue weighted by Crippen LogP contribution is -2.40. The summed E-state index contributed by atoms with van der Waals surface area (Å²) < 4.78 is 29.5. The standard InChI is InChI=1S/C17H28NO5P/c1-12(2)22-16(19)13(3)18-24(20,17(4,5)6)23-15-10-8-9-14(11-15)21-7/h8-13H,1-7H3,(H,18,20)/t13-,24-/m0/s1. The highest BCUT2D eigenvalue weighted by atomic mass is 31.2. The van der Waals surface area contributed by atoms with Gasteiger partial charge < -0.3 is 14.0 Å². The van der Waals surface area contributed by atoms with Crippen molar-refractivity contribution in [3.05, 3.63) is 24.3 Å². The first-order valence-corrected chi connectivity index (χ1v) is 9.53. The van der Waals surface area contributed by atoms with Crippen LogP contribution in [0.5, 0.6) is 11.5 Å². The second-order valence-electron chi connectivity index (χ2n) is 6.83. The van der Waals surface area contributed by atoms with Crippen LogP contribution in [0.15, 0.2) is 24.3 Å². The van der Waals surface area contributed by atoms with Gasteiger partial charge in [-0.3, -0.25) is 9.36 Å². The molecular formula is C17H28NO5P. The van der Waals surface area contributed by atoms with Gasteiger partial charge in [0.15, 0.2) is 0 Å². The van der Waals surface area contributed by atoms with Crippen LogP contribution in [0.25, 0.3) is 0 Å². The van der Waals surface area contributed by atoms with Crippen molar-refractivity contribution < 1.29 is 23.4 Å². The van der Waals surface area contributed by atoms with Crippen LogP contribution >= 0.6 is 7.52 Å². The SMILES string of the molecule is COc1cccc(O[P@](=O)(N[C@@H](C)C(=O)OC(C)C)C(C)(C)C)c1. The predicted octanol–water partition coefficient (Wildman–Crippen LogP) is 4.00. The zero-order valence-corrected chi connectivity index (χ0v) is 16.3. The molecule has 0 saturated heterocycles. The number of carbonyl (C=O) groups excluding carboxylic acids is 1. The summed E-state index contributed by atoms with van der Waals surface area (Å²) in [7, 11) is -1.87. The molecule has 0 heterocycles. The number of esters is 1. The van der Waals surface area contributed by atoms with Gasteiger partial charge in [0.05, 0.1) is 18.4 Å². The molecule has 1 aromatic rings. The molecule has 0 aliphatic carbocycles. The van der Waals surface area contributed by atoms with Gasteiger partial charge in [0.2, 0.25) is 0 Å². The maximum absolute atomic E-state index is 13.4. The fourth-order valence-corrected chi connectivity index (χ4v) is 3.54. The molecule has 0 radical (unpaired) electrons. The Kier molecular flexibility index (Phi) is 6.87. The topological polar surface area (TPSA) is 73.9 Å². The van der Waals surface area contributed by atoms with Crippen LogP contribution in [0.4, 0.5) is 0 Å². The second-order valence-corrected chi connectivity index (χ2v) is 9.71. The Hall–Kier alpha value is -1.52. The van der Waals surface area contributed by atoms with E-state index in [0.29, 0.717) is 11.5 Å². The third kappa shape index (κ3) is 5.53. The van der Waals surface area contributed by atoms with Crippen LogP contribution in [0.1, 0.15) is 41.5 Å². The summed E-state index contributed by atoms with van der Waals surface area (Å²) in [6.07, 6.45) is -0.241. The van der Waals surface area contributed by atoms with Crippen molar-refractivity contribution in [2.45, 2.75) is 58.8 Å². The number of benzene rings is 1. The van der Waals surface area contributed by atoms with E-state index in [-0.39, 0.29) is 6.10 Å². The molecule has 0 unspecified atom stereocenters. The Balaban J connectivity index is 3.02. The molecule has 6 nitrogen and oxygen atoms in total. The number of hydrogen-bond acceptors (Lipinski definition) is 5. The fourth-order valence-electron chi connectivity index (χ4n) is 1.81. The van der Waals surface area contributed by atoms with Crippen molar-refractivity contribution in [1.29, 1.82) is 0 Å². The molecule has 0 aliphatic rings. The molecule has 0 fully saturated rings. The largest absolute Gasteiger partial charge is 0.497 e. The first-order chi connectivity index (χ1) is 11.0. The molecule has 0 amide bonds. The van der Waals surface area contributed by atoms with Gasteiger partial charge in [-0.1, -0.05) is 6.07 Å². The van der Waals surface area contributed by atoms with E-state index in [1.165, 1.54) is 0 Å². The maximum Gasteiger partial charge on any atom is 0.323 e. The summed E-state index contributed by atoms with van der Waals surface area (Å²) in [4.78, 5) is 12.0. The average Bonchev–Trinajstić information content (AvgIpc) is 2.45. The van der Waals surface area contributed by atoms with Crippen molar-refractivity contribution >= 4 is 13.5 Å². The quantitative estimate of drug-likeness (QED) is 0.587.